The van der Waals surface area contributed by atoms with E-state index < -0.39 is 11.5 Å². The number of rotatable bonds is 2. The van der Waals surface area contributed by atoms with Crippen molar-refractivity contribution in [3.63, 3.8) is 0 Å². The van der Waals surface area contributed by atoms with Crippen molar-refractivity contribution in [2.45, 2.75) is 24.8 Å². The number of hydrogen-bond donors (Lipinski definition) is 1. The molecule has 0 aromatic heterocycles. The molecule has 1 saturated heterocycles. The number of methoxy groups -OCH3 is 1. The average molecular weight is 237 g/mol. The topological polar surface area (TPSA) is 38.3 Å². The minimum atomic E-state index is -1.02. The van der Waals surface area contributed by atoms with Gasteiger partial charge >= 0.3 is 5.97 Å². The molecule has 1 aromatic rings. The van der Waals surface area contributed by atoms with Gasteiger partial charge < -0.3 is 4.74 Å². The van der Waals surface area contributed by atoms with Gasteiger partial charge in [-0.3, -0.25) is 5.32 Å². The Morgan fingerprint density at radius 2 is 2.18 bits per heavy atom. The normalized spacial score (nSPS) is 24.4. The van der Waals surface area contributed by atoms with Gasteiger partial charge in [-0.2, -0.15) is 0 Å². The van der Waals surface area contributed by atoms with Crippen LogP contribution in [0.3, 0.4) is 0 Å². The zero-order chi connectivity index (χ0) is 12.3. The summed E-state index contributed by atoms with van der Waals surface area (Å²) in [5.41, 5.74) is -0.634. The number of benzene rings is 1. The molecule has 0 radical (unpaired) electrons. The van der Waals surface area contributed by atoms with E-state index >= 15 is 0 Å². The second-order valence-corrected chi connectivity index (χ2v) is 4.26. The molecule has 0 saturated carbocycles. The van der Waals surface area contributed by atoms with E-state index in [-0.39, 0.29) is 5.82 Å². The Bertz CT molecular complexity index is 414. The minimum absolute atomic E-state index is 0.368. The molecule has 3 nitrogen and oxygen atoms in total. The number of nitrogens with one attached hydrogen (secondary N) is 1. The molecule has 1 fully saturated rings. The van der Waals surface area contributed by atoms with Gasteiger partial charge in [0.15, 0.2) is 0 Å². The van der Waals surface area contributed by atoms with Crippen LogP contribution in [0.15, 0.2) is 24.3 Å². The fraction of sp³-hybridized carbons (Fsp3) is 0.462. The smallest absolute Gasteiger partial charge is 0.330 e. The highest BCUT2D eigenvalue weighted by Crippen LogP contribution is 2.33. The average Bonchev–Trinajstić information content (AvgIpc) is 2.39. The Kier molecular flexibility index (Phi) is 3.43. The third kappa shape index (κ3) is 2.05. The van der Waals surface area contributed by atoms with Gasteiger partial charge in [0.2, 0.25) is 0 Å². The van der Waals surface area contributed by atoms with E-state index in [1.807, 2.05) is 0 Å². The van der Waals surface area contributed by atoms with E-state index in [2.05, 4.69) is 5.32 Å². The third-order valence-electron chi connectivity index (χ3n) is 3.27. The van der Waals surface area contributed by atoms with Crippen LogP contribution >= 0.6 is 0 Å². The zero-order valence-electron chi connectivity index (χ0n) is 9.83. The van der Waals surface area contributed by atoms with Crippen LogP contribution in [-0.4, -0.2) is 19.6 Å². The lowest BCUT2D eigenvalue weighted by atomic mass is 9.82. The molecule has 1 aliphatic rings. The van der Waals surface area contributed by atoms with Crippen molar-refractivity contribution in [3.8, 4) is 0 Å². The molecule has 1 atom stereocenters. The number of halogens is 1. The lowest BCUT2D eigenvalue weighted by molar-refractivity contribution is -0.150. The van der Waals surface area contributed by atoms with Gasteiger partial charge in [0, 0.05) is 5.56 Å². The summed E-state index contributed by atoms with van der Waals surface area (Å²) in [4.78, 5) is 12.0. The maximum atomic E-state index is 13.9. The summed E-state index contributed by atoms with van der Waals surface area (Å²) >= 11 is 0. The largest absolute Gasteiger partial charge is 0.467 e. The number of carbonyl (C=O) groups excluding carboxylic acids is 1. The first-order chi connectivity index (χ1) is 8.20. The molecule has 1 aromatic carbocycles. The highest BCUT2D eigenvalue weighted by molar-refractivity contribution is 5.82. The summed E-state index contributed by atoms with van der Waals surface area (Å²) in [6, 6.07) is 6.37. The molecule has 1 N–H and O–H groups in total. The Labute approximate surface area is 100.0 Å². The maximum Gasteiger partial charge on any atom is 0.330 e. The van der Waals surface area contributed by atoms with Crippen molar-refractivity contribution in [1.82, 2.24) is 5.32 Å². The van der Waals surface area contributed by atoms with Crippen molar-refractivity contribution in [2.75, 3.05) is 13.7 Å². The molecule has 4 heteroatoms. The molecule has 17 heavy (non-hydrogen) atoms. The molecular weight excluding hydrogens is 221 g/mol. The van der Waals surface area contributed by atoms with Crippen LogP contribution in [0.2, 0.25) is 0 Å². The van der Waals surface area contributed by atoms with E-state index in [0.29, 0.717) is 18.5 Å². The Hall–Kier alpha value is -1.42. The van der Waals surface area contributed by atoms with Crippen LogP contribution in [0.4, 0.5) is 4.39 Å². The molecule has 0 spiro atoms. The van der Waals surface area contributed by atoms with Gasteiger partial charge in [-0.1, -0.05) is 18.2 Å². The molecule has 0 amide bonds. The third-order valence-corrected chi connectivity index (χ3v) is 3.27. The Balaban J connectivity index is 2.46. The minimum Gasteiger partial charge on any atom is -0.467 e. The van der Waals surface area contributed by atoms with E-state index in [9.17, 15) is 9.18 Å². The first-order valence-corrected chi connectivity index (χ1v) is 5.79. The van der Waals surface area contributed by atoms with Gasteiger partial charge in [-0.05, 0) is 31.9 Å². The highest BCUT2D eigenvalue weighted by Gasteiger charge is 2.43. The molecule has 1 unspecified atom stereocenters. The molecule has 0 aliphatic carbocycles. The second kappa shape index (κ2) is 4.84. The zero-order valence-corrected chi connectivity index (χ0v) is 9.83. The maximum absolute atomic E-state index is 13.9. The first kappa shape index (κ1) is 12.0. The summed E-state index contributed by atoms with van der Waals surface area (Å²) in [5, 5.41) is 3.13. The van der Waals surface area contributed by atoms with Crippen LogP contribution in [-0.2, 0) is 15.1 Å². The number of carbonyl (C=O) groups is 1. The predicted molar refractivity (Wildman–Crippen MR) is 61.9 cm³/mol. The molecule has 1 heterocycles. The highest BCUT2D eigenvalue weighted by atomic mass is 19.1. The van der Waals surface area contributed by atoms with Crippen LogP contribution in [0.5, 0.6) is 0 Å². The van der Waals surface area contributed by atoms with Gasteiger partial charge in [-0.15, -0.1) is 0 Å². The van der Waals surface area contributed by atoms with Crippen molar-refractivity contribution in [1.29, 1.82) is 0 Å². The summed E-state index contributed by atoms with van der Waals surface area (Å²) < 4.78 is 18.7. The van der Waals surface area contributed by atoms with Crippen LogP contribution < -0.4 is 5.32 Å². The number of ether oxygens (including phenoxy) is 1. The quantitative estimate of drug-likeness (QED) is 0.799. The van der Waals surface area contributed by atoms with Crippen molar-refractivity contribution in [2.24, 2.45) is 0 Å². The molecule has 1 aliphatic heterocycles. The summed E-state index contributed by atoms with van der Waals surface area (Å²) in [6.45, 7) is 0.698. The molecule has 2 rings (SSSR count). The van der Waals surface area contributed by atoms with Crippen molar-refractivity contribution < 1.29 is 13.9 Å². The van der Waals surface area contributed by atoms with E-state index in [0.717, 1.165) is 12.8 Å². The van der Waals surface area contributed by atoms with Gasteiger partial charge in [0.05, 0.1) is 7.11 Å². The predicted octanol–water partition coefficient (Wildman–Crippen LogP) is 1.97. The molecule has 0 bridgehead atoms. The fourth-order valence-corrected chi connectivity index (χ4v) is 2.40. The summed E-state index contributed by atoms with van der Waals surface area (Å²) in [7, 11) is 1.33. The number of piperidine rings is 1. The monoisotopic (exact) mass is 237 g/mol. The van der Waals surface area contributed by atoms with Crippen molar-refractivity contribution in [3.05, 3.63) is 35.6 Å². The Morgan fingerprint density at radius 1 is 1.41 bits per heavy atom. The van der Waals surface area contributed by atoms with Gasteiger partial charge in [0.1, 0.15) is 11.4 Å². The van der Waals surface area contributed by atoms with E-state index in [1.54, 1.807) is 18.2 Å². The first-order valence-electron chi connectivity index (χ1n) is 5.79. The van der Waals surface area contributed by atoms with E-state index in [1.165, 1.54) is 13.2 Å². The number of hydrogen-bond acceptors (Lipinski definition) is 3. The van der Waals surface area contributed by atoms with E-state index in [4.69, 9.17) is 4.74 Å². The van der Waals surface area contributed by atoms with Gasteiger partial charge in [0.25, 0.3) is 0 Å². The molecule has 92 valence electrons. The number of esters is 1. The standard InChI is InChI=1S/C13H16FNO2/c1-17-12(16)13(8-4-5-9-15-13)10-6-2-3-7-11(10)14/h2-3,6-7,15H,4-5,8-9H2,1H3. The van der Waals surface area contributed by atoms with Crippen LogP contribution in [0, 0.1) is 5.82 Å². The lowest BCUT2D eigenvalue weighted by Crippen LogP contribution is -2.53. The Morgan fingerprint density at radius 3 is 2.76 bits per heavy atom. The lowest BCUT2D eigenvalue weighted by Gasteiger charge is -2.36. The molecular formula is C13H16FNO2. The second-order valence-electron chi connectivity index (χ2n) is 4.26. The fourth-order valence-electron chi connectivity index (χ4n) is 2.40. The summed E-state index contributed by atoms with van der Waals surface area (Å²) in [6.07, 6.45) is 2.45. The van der Waals surface area contributed by atoms with Crippen LogP contribution in [0.25, 0.3) is 0 Å². The summed E-state index contributed by atoms with van der Waals surface area (Å²) in [5.74, 6) is -0.783. The van der Waals surface area contributed by atoms with Crippen molar-refractivity contribution >= 4 is 5.97 Å². The SMILES string of the molecule is COC(=O)C1(c2ccccc2F)CCCCN1. The van der Waals surface area contributed by atoms with Gasteiger partial charge in [-0.25, -0.2) is 9.18 Å². The van der Waals surface area contributed by atoms with Crippen LogP contribution in [0.1, 0.15) is 24.8 Å².